The van der Waals surface area contributed by atoms with E-state index in [9.17, 15) is 4.79 Å². The third-order valence-electron chi connectivity index (χ3n) is 5.83. The summed E-state index contributed by atoms with van der Waals surface area (Å²) < 4.78 is 6.24. The van der Waals surface area contributed by atoms with Gasteiger partial charge in [-0.3, -0.25) is 4.79 Å². The Labute approximate surface area is 213 Å². The van der Waals surface area contributed by atoms with Crippen molar-refractivity contribution in [1.29, 1.82) is 0 Å². The molecule has 1 N–H and O–H groups in total. The van der Waals surface area contributed by atoms with Gasteiger partial charge < -0.3 is 10.1 Å². The van der Waals surface area contributed by atoms with Crippen LogP contribution in [0.15, 0.2) is 88.8 Å². The predicted octanol–water partition coefficient (Wildman–Crippen LogP) is 7.58. The zero-order valence-electron chi connectivity index (χ0n) is 19.3. The number of nitrogens with one attached hydrogen (secondary N) is 1. The van der Waals surface area contributed by atoms with E-state index in [4.69, 9.17) is 16.3 Å². The summed E-state index contributed by atoms with van der Waals surface area (Å²) in [7, 11) is 0. The molecule has 4 nitrogen and oxygen atoms in total. The van der Waals surface area contributed by atoms with Crippen LogP contribution in [-0.2, 0) is 11.4 Å². The van der Waals surface area contributed by atoms with Crippen LogP contribution in [0.3, 0.4) is 0 Å². The molecule has 1 aliphatic heterocycles. The number of benzene rings is 4. The van der Waals surface area contributed by atoms with Crippen molar-refractivity contribution in [3.8, 4) is 5.75 Å². The predicted molar refractivity (Wildman–Crippen MR) is 146 cm³/mol. The molecule has 174 valence electrons. The monoisotopic (exact) mass is 498 g/mol. The standard InChI is InChI=1S/C29H23ClN2O2S/c1-18-10-12-20(13-11-18)17-34-26-15-14-21-6-3-4-7-22(21)23(26)16-27-28(33)32-29(35-27)31-25-9-5-8-24(30)19(25)2/h3-16H,17H2,1-2H3,(H,31,32,33)/b27-16+. The summed E-state index contributed by atoms with van der Waals surface area (Å²) in [6, 6.07) is 25.9. The Hall–Kier alpha value is -3.54. The summed E-state index contributed by atoms with van der Waals surface area (Å²) in [5.74, 6) is 0.534. The van der Waals surface area contributed by atoms with Gasteiger partial charge in [0, 0.05) is 10.6 Å². The van der Waals surface area contributed by atoms with E-state index in [1.165, 1.54) is 17.3 Å². The maximum Gasteiger partial charge on any atom is 0.264 e. The van der Waals surface area contributed by atoms with Gasteiger partial charge in [-0.25, -0.2) is 4.99 Å². The van der Waals surface area contributed by atoms with Crippen molar-refractivity contribution >= 4 is 57.0 Å². The number of amidine groups is 1. The van der Waals surface area contributed by atoms with Gasteiger partial charge in [0.15, 0.2) is 5.17 Å². The zero-order valence-corrected chi connectivity index (χ0v) is 20.9. The molecule has 1 saturated heterocycles. The van der Waals surface area contributed by atoms with Crippen molar-refractivity contribution in [2.24, 2.45) is 4.99 Å². The van der Waals surface area contributed by atoms with E-state index >= 15 is 0 Å². The zero-order chi connectivity index (χ0) is 24.4. The number of rotatable bonds is 5. The molecule has 0 aromatic heterocycles. The first-order valence-corrected chi connectivity index (χ1v) is 12.4. The maximum absolute atomic E-state index is 12.8. The van der Waals surface area contributed by atoms with Gasteiger partial charge in [0.2, 0.25) is 0 Å². The molecule has 5 rings (SSSR count). The summed E-state index contributed by atoms with van der Waals surface area (Å²) in [6.45, 7) is 4.41. The number of nitrogens with zero attached hydrogens (tertiary/aromatic N) is 1. The molecule has 0 bridgehead atoms. The molecule has 0 atom stereocenters. The number of aryl methyl sites for hydroxylation is 1. The number of hydrogen-bond acceptors (Lipinski definition) is 4. The van der Waals surface area contributed by atoms with E-state index in [-0.39, 0.29) is 5.91 Å². The first-order chi connectivity index (χ1) is 17.0. The largest absolute Gasteiger partial charge is 0.488 e. The van der Waals surface area contributed by atoms with Crippen LogP contribution in [-0.4, -0.2) is 11.1 Å². The van der Waals surface area contributed by atoms with Crippen LogP contribution in [0.25, 0.3) is 16.8 Å². The molecule has 1 fully saturated rings. The molecule has 4 aromatic carbocycles. The minimum atomic E-state index is -0.189. The number of thioether (sulfide) groups is 1. The number of amides is 1. The highest BCUT2D eigenvalue weighted by molar-refractivity contribution is 8.18. The SMILES string of the molecule is Cc1ccc(COc2ccc3ccccc3c2/C=C2/SC(=Nc3cccc(Cl)c3C)NC2=O)cc1. The lowest BCUT2D eigenvalue weighted by molar-refractivity contribution is -0.115. The van der Waals surface area contributed by atoms with Crippen LogP contribution in [0, 0.1) is 13.8 Å². The molecule has 1 amide bonds. The Morgan fingerprint density at radius 1 is 0.971 bits per heavy atom. The van der Waals surface area contributed by atoms with Gasteiger partial charge in [-0.2, -0.15) is 0 Å². The molecule has 0 aliphatic carbocycles. The van der Waals surface area contributed by atoms with E-state index in [1.54, 1.807) is 0 Å². The molecule has 1 aliphatic rings. The van der Waals surface area contributed by atoms with Crippen LogP contribution in [0.5, 0.6) is 5.75 Å². The van der Waals surface area contributed by atoms with Gasteiger partial charge in [-0.15, -0.1) is 0 Å². The molecular weight excluding hydrogens is 476 g/mol. The second kappa shape index (κ2) is 9.98. The number of carbonyl (C=O) groups excluding carboxylic acids is 1. The second-order valence-corrected chi connectivity index (χ2v) is 9.78. The second-order valence-electron chi connectivity index (χ2n) is 8.34. The van der Waals surface area contributed by atoms with E-state index in [0.29, 0.717) is 21.7 Å². The molecule has 0 spiro atoms. The Morgan fingerprint density at radius 2 is 1.77 bits per heavy atom. The summed E-state index contributed by atoms with van der Waals surface area (Å²) in [5.41, 5.74) is 4.76. The van der Waals surface area contributed by atoms with Crippen molar-refractivity contribution < 1.29 is 9.53 Å². The number of carbonyl (C=O) groups is 1. The van der Waals surface area contributed by atoms with Gasteiger partial charge in [0.1, 0.15) is 12.4 Å². The lowest BCUT2D eigenvalue weighted by Crippen LogP contribution is -2.19. The third kappa shape index (κ3) is 5.11. The topological polar surface area (TPSA) is 50.7 Å². The van der Waals surface area contributed by atoms with Gasteiger partial charge in [0.25, 0.3) is 5.91 Å². The Bertz CT molecular complexity index is 1490. The van der Waals surface area contributed by atoms with Gasteiger partial charge >= 0.3 is 0 Å². The van der Waals surface area contributed by atoms with E-state index < -0.39 is 0 Å². The highest BCUT2D eigenvalue weighted by atomic mass is 35.5. The minimum absolute atomic E-state index is 0.189. The molecule has 1 heterocycles. The minimum Gasteiger partial charge on any atom is -0.488 e. The molecule has 0 unspecified atom stereocenters. The van der Waals surface area contributed by atoms with E-state index in [0.717, 1.165) is 38.9 Å². The Morgan fingerprint density at radius 3 is 2.60 bits per heavy atom. The van der Waals surface area contributed by atoms with E-state index in [1.807, 2.05) is 61.5 Å². The van der Waals surface area contributed by atoms with Crippen molar-refractivity contribution in [2.45, 2.75) is 20.5 Å². The average Bonchev–Trinajstić information content (AvgIpc) is 3.21. The first kappa shape index (κ1) is 23.2. The molecule has 6 heteroatoms. The van der Waals surface area contributed by atoms with Crippen LogP contribution in [0.1, 0.15) is 22.3 Å². The van der Waals surface area contributed by atoms with Crippen molar-refractivity contribution in [2.75, 3.05) is 0 Å². The van der Waals surface area contributed by atoms with Crippen LogP contribution in [0.4, 0.5) is 5.69 Å². The molecule has 35 heavy (non-hydrogen) atoms. The van der Waals surface area contributed by atoms with Gasteiger partial charge in [-0.1, -0.05) is 77.8 Å². The summed E-state index contributed by atoms with van der Waals surface area (Å²) in [6.07, 6.45) is 1.89. The van der Waals surface area contributed by atoms with Gasteiger partial charge in [-0.05, 0) is 71.8 Å². The maximum atomic E-state index is 12.8. The smallest absolute Gasteiger partial charge is 0.264 e. The highest BCUT2D eigenvalue weighted by Gasteiger charge is 2.25. The van der Waals surface area contributed by atoms with Crippen LogP contribution >= 0.6 is 23.4 Å². The Balaban J connectivity index is 1.49. The van der Waals surface area contributed by atoms with Crippen molar-refractivity contribution in [3.05, 3.63) is 111 Å². The number of aliphatic imine (C=N–C) groups is 1. The molecule has 0 saturated carbocycles. The fraction of sp³-hybridized carbons (Fsp3) is 0.103. The number of fused-ring (bicyclic) bond motifs is 1. The quantitative estimate of drug-likeness (QED) is 0.288. The number of ether oxygens (including phenoxy) is 1. The lowest BCUT2D eigenvalue weighted by atomic mass is 10.0. The fourth-order valence-corrected chi connectivity index (χ4v) is 4.82. The molecule has 4 aromatic rings. The lowest BCUT2D eigenvalue weighted by Gasteiger charge is -2.13. The normalized spacial score (nSPS) is 15.7. The Kier molecular flexibility index (Phi) is 6.62. The third-order valence-corrected chi connectivity index (χ3v) is 7.15. The number of halogens is 1. The van der Waals surface area contributed by atoms with Crippen molar-refractivity contribution in [1.82, 2.24) is 5.32 Å². The van der Waals surface area contributed by atoms with Crippen LogP contribution < -0.4 is 10.1 Å². The number of hydrogen-bond donors (Lipinski definition) is 1. The van der Waals surface area contributed by atoms with Crippen LogP contribution in [0.2, 0.25) is 5.02 Å². The average molecular weight is 499 g/mol. The van der Waals surface area contributed by atoms with E-state index in [2.05, 4.69) is 47.6 Å². The van der Waals surface area contributed by atoms with Crippen molar-refractivity contribution in [3.63, 3.8) is 0 Å². The highest BCUT2D eigenvalue weighted by Crippen LogP contribution is 2.35. The summed E-state index contributed by atoms with van der Waals surface area (Å²) >= 11 is 7.54. The fourth-order valence-electron chi connectivity index (χ4n) is 3.83. The van der Waals surface area contributed by atoms with Gasteiger partial charge in [0.05, 0.1) is 10.6 Å². The molecule has 0 radical (unpaired) electrons. The summed E-state index contributed by atoms with van der Waals surface area (Å²) in [5, 5.41) is 6.13. The first-order valence-electron chi connectivity index (χ1n) is 11.2. The molecular formula is C29H23ClN2O2S. The summed E-state index contributed by atoms with van der Waals surface area (Å²) in [4.78, 5) is 18.0.